The third kappa shape index (κ3) is 2.74. The Balaban J connectivity index is 2.47. The normalized spacial score (nSPS) is 11.1. The lowest BCUT2D eigenvalue weighted by atomic mass is 10.00. The van der Waals surface area contributed by atoms with Gasteiger partial charge in [0.05, 0.1) is 11.6 Å². The van der Waals surface area contributed by atoms with Gasteiger partial charge < -0.3 is 0 Å². The average molecular weight is 262 g/mol. The van der Waals surface area contributed by atoms with Gasteiger partial charge in [-0.3, -0.25) is 4.98 Å². The second-order valence-electron chi connectivity index (χ2n) is 4.09. The maximum Gasteiger partial charge on any atom is 0.433 e. The molecule has 19 heavy (non-hydrogen) atoms. The molecular weight excluding hydrogens is 253 g/mol. The zero-order chi connectivity index (χ0) is 14.0. The predicted octanol–water partition coefficient (Wildman–Crippen LogP) is 3.95. The van der Waals surface area contributed by atoms with Crippen molar-refractivity contribution in [1.29, 1.82) is 5.26 Å². The van der Waals surface area contributed by atoms with Crippen LogP contribution in [0, 0.1) is 18.3 Å². The molecule has 2 nitrogen and oxygen atoms in total. The van der Waals surface area contributed by atoms with Crippen molar-refractivity contribution in [3.63, 3.8) is 0 Å². The fourth-order valence-corrected chi connectivity index (χ4v) is 1.72. The first-order valence-electron chi connectivity index (χ1n) is 5.46. The summed E-state index contributed by atoms with van der Waals surface area (Å²) in [7, 11) is 0. The lowest BCUT2D eigenvalue weighted by Gasteiger charge is -2.08. The Hall–Kier alpha value is -2.35. The van der Waals surface area contributed by atoms with Crippen LogP contribution < -0.4 is 0 Å². The molecule has 0 aliphatic carbocycles. The van der Waals surface area contributed by atoms with Crippen molar-refractivity contribution in [2.24, 2.45) is 0 Å². The van der Waals surface area contributed by atoms with E-state index in [1.54, 1.807) is 18.2 Å². The van der Waals surface area contributed by atoms with Crippen LogP contribution >= 0.6 is 0 Å². The molecule has 0 saturated heterocycles. The number of aromatic nitrogens is 1. The van der Waals surface area contributed by atoms with Gasteiger partial charge in [-0.15, -0.1) is 0 Å². The summed E-state index contributed by atoms with van der Waals surface area (Å²) < 4.78 is 37.2. The molecule has 96 valence electrons. The third-order valence-corrected chi connectivity index (χ3v) is 2.66. The van der Waals surface area contributed by atoms with Gasteiger partial charge in [-0.1, -0.05) is 18.2 Å². The van der Waals surface area contributed by atoms with Crippen LogP contribution in [0.5, 0.6) is 0 Å². The molecule has 2 aromatic rings. The number of halogens is 3. The van der Waals surface area contributed by atoms with Crippen molar-refractivity contribution in [1.82, 2.24) is 4.98 Å². The Morgan fingerprint density at radius 3 is 2.42 bits per heavy atom. The van der Waals surface area contributed by atoms with Crippen molar-refractivity contribution in [2.45, 2.75) is 13.1 Å². The molecule has 1 aromatic carbocycles. The Bertz CT molecular complexity index is 637. The predicted molar refractivity (Wildman–Crippen MR) is 64.1 cm³/mol. The fraction of sp³-hybridized carbons (Fsp3) is 0.143. The monoisotopic (exact) mass is 262 g/mol. The molecule has 0 aliphatic rings. The van der Waals surface area contributed by atoms with E-state index in [9.17, 15) is 13.2 Å². The minimum atomic E-state index is -4.45. The molecule has 2 rings (SSSR count). The maximum absolute atomic E-state index is 12.4. The summed E-state index contributed by atoms with van der Waals surface area (Å²) in [5.74, 6) is 0. The van der Waals surface area contributed by atoms with Gasteiger partial charge in [0.15, 0.2) is 0 Å². The number of hydrogen-bond donors (Lipinski definition) is 0. The molecule has 0 saturated carbocycles. The van der Waals surface area contributed by atoms with E-state index in [1.165, 1.54) is 6.07 Å². The van der Waals surface area contributed by atoms with Crippen LogP contribution in [0.1, 0.15) is 16.8 Å². The minimum absolute atomic E-state index is 0.418. The van der Waals surface area contributed by atoms with Crippen LogP contribution in [0.15, 0.2) is 36.5 Å². The Labute approximate surface area is 108 Å². The smallest absolute Gasteiger partial charge is 0.251 e. The van der Waals surface area contributed by atoms with Crippen LogP contribution in [0.2, 0.25) is 0 Å². The van der Waals surface area contributed by atoms with Crippen LogP contribution in [0.4, 0.5) is 13.2 Å². The van der Waals surface area contributed by atoms with E-state index in [1.807, 2.05) is 13.0 Å². The number of rotatable bonds is 1. The molecule has 0 aliphatic heterocycles. The molecule has 5 heteroatoms. The molecule has 0 fully saturated rings. The van der Waals surface area contributed by atoms with Crippen LogP contribution in [0.3, 0.4) is 0 Å². The van der Waals surface area contributed by atoms with E-state index in [2.05, 4.69) is 4.98 Å². The molecule has 0 amide bonds. The van der Waals surface area contributed by atoms with Crippen molar-refractivity contribution in [2.75, 3.05) is 0 Å². The Morgan fingerprint density at radius 1 is 1.16 bits per heavy atom. The van der Waals surface area contributed by atoms with Crippen LogP contribution in [-0.4, -0.2) is 4.98 Å². The lowest BCUT2D eigenvalue weighted by molar-refractivity contribution is -0.141. The highest BCUT2D eigenvalue weighted by atomic mass is 19.4. The minimum Gasteiger partial charge on any atom is -0.251 e. The van der Waals surface area contributed by atoms with Gasteiger partial charge in [0, 0.05) is 17.3 Å². The first kappa shape index (κ1) is 13.1. The van der Waals surface area contributed by atoms with Gasteiger partial charge in [-0.25, -0.2) is 0 Å². The number of pyridine rings is 1. The molecule has 0 N–H and O–H groups in total. The van der Waals surface area contributed by atoms with Gasteiger partial charge in [0.2, 0.25) is 0 Å². The van der Waals surface area contributed by atoms with Crippen LogP contribution in [0.25, 0.3) is 11.1 Å². The lowest BCUT2D eigenvalue weighted by Crippen LogP contribution is -2.07. The molecule has 0 atom stereocenters. The molecule has 0 spiro atoms. The van der Waals surface area contributed by atoms with Crippen molar-refractivity contribution < 1.29 is 13.2 Å². The topological polar surface area (TPSA) is 36.7 Å². The van der Waals surface area contributed by atoms with Crippen LogP contribution in [-0.2, 0) is 6.18 Å². The number of alkyl halides is 3. The van der Waals surface area contributed by atoms with E-state index < -0.39 is 11.9 Å². The SMILES string of the molecule is Cc1ccc(-c2ccc(C(F)(F)F)nc2)c(C#N)c1. The number of nitrogens with zero attached hydrogens (tertiary/aromatic N) is 2. The van der Waals surface area contributed by atoms with Gasteiger partial charge in [-0.05, 0) is 24.6 Å². The fourth-order valence-electron chi connectivity index (χ4n) is 1.72. The highest BCUT2D eigenvalue weighted by molar-refractivity contribution is 5.70. The summed E-state index contributed by atoms with van der Waals surface area (Å²) in [6, 6.07) is 9.46. The van der Waals surface area contributed by atoms with E-state index >= 15 is 0 Å². The summed E-state index contributed by atoms with van der Waals surface area (Å²) in [6.07, 6.45) is -3.32. The second kappa shape index (κ2) is 4.73. The van der Waals surface area contributed by atoms with Gasteiger partial charge in [-0.2, -0.15) is 18.4 Å². The Morgan fingerprint density at radius 2 is 1.89 bits per heavy atom. The zero-order valence-electron chi connectivity index (χ0n) is 9.99. The molecule has 0 unspecified atom stereocenters. The maximum atomic E-state index is 12.4. The number of benzene rings is 1. The molecule has 1 heterocycles. The molecule has 0 radical (unpaired) electrons. The average Bonchev–Trinajstić information content (AvgIpc) is 2.37. The van der Waals surface area contributed by atoms with E-state index in [-0.39, 0.29) is 0 Å². The number of aryl methyl sites for hydroxylation is 1. The van der Waals surface area contributed by atoms with E-state index in [0.717, 1.165) is 17.8 Å². The van der Waals surface area contributed by atoms with Crippen molar-refractivity contribution in [3.8, 4) is 17.2 Å². The first-order valence-corrected chi connectivity index (χ1v) is 5.46. The number of nitriles is 1. The largest absolute Gasteiger partial charge is 0.433 e. The van der Waals surface area contributed by atoms with Gasteiger partial charge in [0.25, 0.3) is 0 Å². The van der Waals surface area contributed by atoms with E-state index in [0.29, 0.717) is 16.7 Å². The summed E-state index contributed by atoms with van der Waals surface area (Å²) >= 11 is 0. The van der Waals surface area contributed by atoms with Crippen molar-refractivity contribution >= 4 is 0 Å². The highest BCUT2D eigenvalue weighted by Crippen LogP contribution is 2.30. The zero-order valence-corrected chi connectivity index (χ0v) is 9.99. The standard InChI is InChI=1S/C14H9F3N2/c1-9-2-4-12(11(6-9)7-18)10-3-5-13(19-8-10)14(15,16)17/h2-6,8H,1H3. The van der Waals surface area contributed by atoms with Crippen molar-refractivity contribution in [3.05, 3.63) is 53.3 Å². The summed E-state index contributed by atoms with van der Waals surface area (Å²) in [4.78, 5) is 3.39. The Kier molecular flexibility index (Phi) is 3.26. The molecular formula is C14H9F3N2. The first-order chi connectivity index (χ1) is 8.91. The van der Waals surface area contributed by atoms with Gasteiger partial charge in [0.1, 0.15) is 5.69 Å². The summed E-state index contributed by atoms with van der Waals surface area (Å²) in [5.41, 5.74) is 1.46. The number of hydrogen-bond acceptors (Lipinski definition) is 2. The summed E-state index contributed by atoms with van der Waals surface area (Å²) in [5, 5.41) is 9.04. The van der Waals surface area contributed by atoms with E-state index in [4.69, 9.17) is 5.26 Å². The summed E-state index contributed by atoms with van der Waals surface area (Å²) in [6.45, 7) is 1.84. The second-order valence-corrected chi connectivity index (χ2v) is 4.09. The molecule has 0 bridgehead atoms. The highest BCUT2D eigenvalue weighted by Gasteiger charge is 2.32. The van der Waals surface area contributed by atoms with Gasteiger partial charge >= 0.3 is 6.18 Å². The molecule has 1 aromatic heterocycles. The third-order valence-electron chi connectivity index (χ3n) is 2.66. The quantitative estimate of drug-likeness (QED) is 0.780.